The highest BCUT2D eigenvalue weighted by molar-refractivity contribution is 5.84. The van der Waals surface area contributed by atoms with Crippen LogP contribution in [0.15, 0.2) is 30.3 Å². The molecule has 242 valence electrons. The van der Waals surface area contributed by atoms with Gasteiger partial charge in [-0.1, -0.05) is 95.5 Å². The third-order valence-electron chi connectivity index (χ3n) is 10.1. The summed E-state index contributed by atoms with van der Waals surface area (Å²) in [5.74, 6) is 0.892. The summed E-state index contributed by atoms with van der Waals surface area (Å²) >= 11 is 0. The minimum absolute atomic E-state index is 0.0550. The highest BCUT2D eigenvalue weighted by atomic mass is 16.3. The Bertz CT molecular complexity index is 985. The number of amides is 2. The van der Waals surface area contributed by atoms with E-state index in [1.165, 1.54) is 6.42 Å². The molecule has 43 heavy (non-hydrogen) atoms. The van der Waals surface area contributed by atoms with E-state index in [2.05, 4.69) is 0 Å². The molecule has 3 aliphatic carbocycles. The van der Waals surface area contributed by atoms with Crippen molar-refractivity contribution < 1.29 is 24.9 Å². The quantitative estimate of drug-likeness (QED) is 0.222. The molecule has 0 aliphatic heterocycles. The lowest BCUT2D eigenvalue weighted by molar-refractivity contribution is -0.145. The number of nitrogens with zero attached hydrogens (tertiary/aromatic N) is 2. The van der Waals surface area contributed by atoms with Crippen molar-refractivity contribution in [2.75, 3.05) is 13.1 Å². The Morgan fingerprint density at radius 2 is 1.49 bits per heavy atom. The summed E-state index contributed by atoms with van der Waals surface area (Å²) in [5, 5.41) is 33.9. The average Bonchev–Trinajstić information content (AvgIpc) is 3.82. The summed E-state index contributed by atoms with van der Waals surface area (Å²) in [6, 6.07) is 9.31. The van der Waals surface area contributed by atoms with Crippen molar-refractivity contribution in [3.63, 3.8) is 0 Å². The van der Waals surface area contributed by atoms with Gasteiger partial charge in [0.1, 0.15) is 6.10 Å². The van der Waals surface area contributed by atoms with Crippen LogP contribution in [0.5, 0.6) is 0 Å². The van der Waals surface area contributed by atoms with Gasteiger partial charge in [0.15, 0.2) is 0 Å². The molecule has 7 nitrogen and oxygen atoms in total. The van der Waals surface area contributed by atoms with Gasteiger partial charge in [0, 0.05) is 32.5 Å². The number of benzene rings is 1. The summed E-state index contributed by atoms with van der Waals surface area (Å²) in [5.41, 5.74) is 0.143. The Morgan fingerprint density at radius 1 is 0.860 bits per heavy atom. The maximum atomic E-state index is 14.1. The molecule has 3 atom stereocenters. The molecule has 0 saturated heterocycles. The number of hydrogen-bond acceptors (Lipinski definition) is 5. The molecule has 3 fully saturated rings. The summed E-state index contributed by atoms with van der Waals surface area (Å²) < 4.78 is 0. The lowest BCUT2D eigenvalue weighted by Crippen LogP contribution is -2.52. The van der Waals surface area contributed by atoms with Crippen LogP contribution in [0.4, 0.5) is 0 Å². The Labute approximate surface area is 260 Å². The van der Waals surface area contributed by atoms with Gasteiger partial charge in [0.05, 0.1) is 17.7 Å². The number of aliphatic hydroxyl groups is 3. The summed E-state index contributed by atoms with van der Waals surface area (Å²) in [7, 11) is 0. The summed E-state index contributed by atoms with van der Waals surface area (Å²) in [6.45, 7) is 5.41. The van der Waals surface area contributed by atoms with Gasteiger partial charge in [-0.25, -0.2) is 0 Å². The average molecular weight is 599 g/mol. The van der Waals surface area contributed by atoms with E-state index in [0.717, 1.165) is 76.2 Å². The standard InChI is InChI=1S/C36H58N2O5/c1-27(2)22-32(39)35(42)31(23-28-12-6-3-7-13-28)38(25-29-14-8-4-9-15-29)34(41)19-18-33(40)37(24-30-16-17-30)26-36(43)20-10-5-11-21-36/h4,8-9,14-15,27-28,30-32,35,39,42-43H,3,5-7,10-13,16-26H2,1-2H3/t31-,32-,35+/m0/s1. The minimum Gasteiger partial charge on any atom is -0.390 e. The van der Waals surface area contributed by atoms with E-state index in [0.29, 0.717) is 44.3 Å². The fourth-order valence-corrected chi connectivity index (χ4v) is 7.37. The second kappa shape index (κ2) is 16.4. The topological polar surface area (TPSA) is 101 Å². The van der Waals surface area contributed by atoms with Crippen LogP contribution >= 0.6 is 0 Å². The minimum atomic E-state index is -1.06. The van der Waals surface area contributed by atoms with Gasteiger partial charge in [0.25, 0.3) is 0 Å². The van der Waals surface area contributed by atoms with E-state index < -0.39 is 23.9 Å². The maximum Gasteiger partial charge on any atom is 0.223 e. The van der Waals surface area contributed by atoms with E-state index in [4.69, 9.17) is 0 Å². The monoisotopic (exact) mass is 598 g/mol. The van der Waals surface area contributed by atoms with E-state index in [9.17, 15) is 24.9 Å². The molecule has 0 aromatic heterocycles. The first-order valence-electron chi connectivity index (χ1n) is 17.3. The maximum absolute atomic E-state index is 14.1. The lowest BCUT2D eigenvalue weighted by atomic mass is 9.81. The predicted molar refractivity (Wildman–Crippen MR) is 170 cm³/mol. The van der Waals surface area contributed by atoms with Crippen molar-refractivity contribution in [1.29, 1.82) is 0 Å². The number of hydrogen-bond donors (Lipinski definition) is 3. The largest absolute Gasteiger partial charge is 0.390 e. The molecule has 3 saturated carbocycles. The first kappa shape index (κ1) is 33.9. The molecule has 1 aromatic rings. The van der Waals surface area contributed by atoms with Gasteiger partial charge < -0.3 is 25.1 Å². The van der Waals surface area contributed by atoms with Crippen molar-refractivity contribution >= 4 is 11.8 Å². The van der Waals surface area contributed by atoms with Gasteiger partial charge in [-0.2, -0.15) is 0 Å². The first-order valence-corrected chi connectivity index (χ1v) is 17.3. The molecule has 0 unspecified atom stereocenters. The zero-order chi connectivity index (χ0) is 30.8. The second-order valence-electron chi connectivity index (χ2n) is 14.5. The molecule has 3 N–H and O–H groups in total. The molecule has 0 bridgehead atoms. The third kappa shape index (κ3) is 10.9. The van der Waals surface area contributed by atoms with E-state index >= 15 is 0 Å². The Morgan fingerprint density at radius 3 is 2.12 bits per heavy atom. The fraction of sp³-hybridized carbons (Fsp3) is 0.778. The Kier molecular flexibility index (Phi) is 12.9. The second-order valence-corrected chi connectivity index (χ2v) is 14.5. The van der Waals surface area contributed by atoms with Crippen LogP contribution in [0, 0.1) is 17.8 Å². The molecule has 0 spiro atoms. The van der Waals surface area contributed by atoms with Crippen LogP contribution in [-0.4, -0.2) is 73.9 Å². The van der Waals surface area contributed by atoms with Crippen LogP contribution < -0.4 is 0 Å². The van der Waals surface area contributed by atoms with Crippen LogP contribution in [0.2, 0.25) is 0 Å². The number of aliphatic hydroxyl groups excluding tert-OH is 2. The smallest absolute Gasteiger partial charge is 0.223 e. The molecule has 0 radical (unpaired) electrons. The third-order valence-corrected chi connectivity index (χ3v) is 10.1. The van der Waals surface area contributed by atoms with Gasteiger partial charge >= 0.3 is 0 Å². The summed E-state index contributed by atoms with van der Waals surface area (Å²) in [6.07, 6.45) is 11.8. The zero-order valence-electron chi connectivity index (χ0n) is 26.8. The SMILES string of the molecule is CC(C)C[C@H](O)[C@H](O)[C@H](CC1CCCCC1)N(Cc1ccccc1)C(=O)CCC(=O)N(CC1CC1)CC1(O)CCCCC1. The molecular formula is C36H58N2O5. The number of carbonyl (C=O) groups excluding carboxylic acids is 2. The summed E-state index contributed by atoms with van der Waals surface area (Å²) in [4.78, 5) is 31.3. The van der Waals surface area contributed by atoms with E-state index in [1.54, 1.807) is 4.90 Å². The predicted octanol–water partition coefficient (Wildman–Crippen LogP) is 5.84. The molecule has 4 rings (SSSR count). The Balaban J connectivity index is 1.51. The highest BCUT2D eigenvalue weighted by Crippen LogP contribution is 2.34. The number of carbonyl (C=O) groups is 2. The van der Waals surface area contributed by atoms with Crippen molar-refractivity contribution in [3.8, 4) is 0 Å². The molecule has 1 aromatic carbocycles. The van der Waals surface area contributed by atoms with Gasteiger partial charge in [-0.3, -0.25) is 9.59 Å². The van der Waals surface area contributed by atoms with Crippen molar-refractivity contribution in [2.45, 2.75) is 147 Å². The molecule has 0 heterocycles. The highest BCUT2D eigenvalue weighted by Gasteiger charge is 2.38. The van der Waals surface area contributed by atoms with Gasteiger partial charge in [0.2, 0.25) is 11.8 Å². The van der Waals surface area contributed by atoms with Crippen molar-refractivity contribution in [3.05, 3.63) is 35.9 Å². The molecule has 3 aliphatic rings. The van der Waals surface area contributed by atoms with Crippen LogP contribution in [0.25, 0.3) is 0 Å². The Hall–Kier alpha value is -1.96. The van der Waals surface area contributed by atoms with Crippen molar-refractivity contribution in [1.82, 2.24) is 9.80 Å². The zero-order valence-corrected chi connectivity index (χ0v) is 26.8. The molecule has 2 amide bonds. The van der Waals surface area contributed by atoms with E-state index in [-0.39, 0.29) is 30.6 Å². The van der Waals surface area contributed by atoms with Crippen LogP contribution in [0.1, 0.15) is 122 Å². The molecular weight excluding hydrogens is 540 g/mol. The van der Waals surface area contributed by atoms with E-state index in [1.807, 2.05) is 49.1 Å². The first-order chi connectivity index (χ1) is 20.6. The van der Waals surface area contributed by atoms with Gasteiger partial charge in [-0.15, -0.1) is 0 Å². The van der Waals surface area contributed by atoms with Crippen LogP contribution in [0.3, 0.4) is 0 Å². The normalized spacial score (nSPS) is 21.3. The molecule has 7 heteroatoms. The van der Waals surface area contributed by atoms with Crippen molar-refractivity contribution in [2.24, 2.45) is 17.8 Å². The fourth-order valence-electron chi connectivity index (χ4n) is 7.37. The van der Waals surface area contributed by atoms with Gasteiger partial charge in [-0.05, 0) is 61.8 Å². The number of rotatable bonds is 16. The van der Waals surface area contributed by atoms with Crippen LogP contribution in [-0.2, 0) is 16.1 Å². The lowest BCUT2D eigenvalue weighted by Gasteiger charge is -2.40.